The smallest absolute Gasteiger partial charge is 0.338 e. The summed E-state index contributed by atoms with van der Waals surface area (Å²) < 4.78 is 18.1. The molecule has 0 aliphatic rings. The molecule has 0 radical (unpaired) electrons. The van der Waals surface area contributed by atoms with Crippen LogP contribution in [0.1, 0.15) is 5.56 Å². The normalized spacial score (nSPS) is 13.6. The number of nitrogens with one attached hydrogen (secondary N) is 1. The Labute approximate surface area is 138 Å². The molecule has 2 aromatic rings. The fourth-order valence-corrected chi connectivity index (χ4v) is 3.52. The number of halogens is 3. The Balaban J connectivity index is 2.25. The number of benzene rings is 2. The van der Waals surface area contributed by atoms with Crippen LogP contribution in [0.4, 0.5) is 5.69 Å². The van der Waals surface area contributed by atoms with E-state index >= 15 is 0 Å². The molecule has 2 aromatic carbocycles. The van der Waals surface area contributed by atoms with Gasteiger partial charge in [-0.05, 0) is 36.8 Å². The molecule has 0 saturated heterocycles. The van der Waals surface area contributed by atoms with Crippen molar-refractivity contribution in [3.05, 3.63) is 57.0 Å². The maximum atomic E-state index is 12.6. The molecule has 0 amide bonds. The van der Waals surface area contributed by atoms with Gasteiger partial charge in [-0.25, -0.2) is 0 Å². The summed E-state index contributed by atoms with van der Waals surface area (Å²) in [5.41, 5.74) is 1.44. The van der Waals surface area contributed by atoms with Crippen LogP contribution in [-0.2, 0) is 4.57 Å². The van der Waals surface area contributed by atoms with Gasteiger partial charge in [-0.2, -0.15) is 0 Å². The SMILES string of the molecule is Cc1c(Cl)cccc1NP(C)(=O)Oc1cccc(Cl)c1Cl. The highest BCUT2D eigenvalue weighted by molar-refractivity contribution is 7.60. The molecule has 0 fully saturated rings. The van der Waals surface area contributed by atoms with E-state index in [1.165, 1.54) is 6.66 Å². The van der Waals surface area contributed by atoms with Crippen molar-refractivity contribution in [3.63, 3.8) is 0 Å². The first-order valence-corrected chi connectivity index (χ1v) is 9.25. The summed E-state index contributed by atoms with van der Waals surface area (Å²) in [6, 6.07) is 10.2. The summed E-state index contributed by atoms with van der Waals surface area (Å²) in [6.45, 7) is 3.29. The third kappa shape index (κ3) is 4.08. The average Bonchev–Trinajstić information content (AvgIpc) is 2.40. The minimum absolute atomic E-state index is 0.228. The van der Waals surface area contributed by atoms with Crippen LogP contribution < -0.4 is 9.61 Å². The molecular weight excluding hydrogens is 351 g/mol. The first-order valence-electron chi connectivity index (χ1n) is 6.05. The maximum Gasteiger partial charge on any atom is 0.338 e. The van der Waals surface area contributed by atoms with Gasteiger partial charge in [0.15, 0.2) is 0 Å². The second-order valence-electron chi connectivity index (χ2n) is 4.51. The van der Waals surface area contributed by atoms with Crippen LogP contribution in [0, 0.1) is 6.92 Å². The van der Waals surface area contributed by atoms with E-state index in [1.54, 1.807) is 36.4 Å². The molecule has 3 nitrogen and oxygen atoms in total. The zero-order valence-corrected chi connectivity index (χ0v) is 14.5. The fraction of sp³-hybridized carbons (Fsp3) is 0.143. The van der Waals surface area contributed by atoms with Gasteiger partial charge in [0.1, 0.15) is 10.8 Å². The van der Waals surface area contributed by atoms with Crippen LogP contribution in [0.3, 0.4) is 0 Å². The lowest BCUT2D eigenvalue weighted by molar-refractivity contribution is 0.493. The summed E-state index contributed by atoms with van der Waals surface area (Å²) in [4.78, 5) is 0. The van der Waals surface area contributed by atoms with Gasteiger partial charge in [-0.15, -0.1) is 0 Å². The van der Waals surface area contributed by atoms with Crippen molar-refractivity contribution in [1.82, 2.24) is 0 Å². The van der Waals surface area contributed by atoms with Gasteiger partial charge in [0.2, 0.25) is 0 Å². The number of hydrogen-bond acceptors (Lipinski definition) is 2. The quantitative estimate of drug-likeness (QED) is 0.650. The van der Waals surface area contributed by atoms with E-state index < -0.39 is 7.52 Å². The fourth-order valence-electron chi connectivity index (χ4n) is 1.71. The predicted octanol–water partition coefficient (Wildman–Crippen LogP) is 6.27. The van der Waals surface area contributed by atoms with Crippen LogP contribution in [0.2, 0.25) is 15.1 Å². The van der Waals surface area contributed by atoms with Gasteiger partial charge >= 0.3 is 7.52 Å². The summed E-state index contributed by atoms with van der Waals surface area (Å²) in [5.74, 6) is 0.266. The van der Waals surface area contributed by atoms with Crippen LogP contribution in [-0.4, -0.2) is 6.66 Å². The van der Waals surface area contributed by atoms with Crippen molar-refractivity contribution in [1.29, 1.82) is 0 Å². The molecule has 0 bridgehead atoms. The minimum Gasteiger partial charge on any atom is -0.427 e. The van der Waals surface area contributed by atoms with E-state index in [4.69, 9.17) is 39.3 Å². The topological polar surface area (TPSA) is 38.3 Å². The Morgan fingerprint density at radius 2 is 1.67 bits per heavy atom. The van der Waals surface area contributed by atoms with Crippen molar-refractivity contribution in [2.24, 2.45) is 0 Å². The van der Waals surface area contributed by atoms with Crippen molar-refractivity contribution in [3.8, 4) is 5.75 Å². The van der Waals surface area contributed by atoms with Gasteiger partial charge in [0, 0.05) is 17.4 Å². The number of anilines is 1. The second-order valence-corrected chi connectivity index (χ2v) is 7.80. The van der Waals surface area contributed by atoms with E-state index in [0.29, 0.717) is 15.7 Å². The lowest BCUT2D eigenvalue weighted by Gasteiger charge is -2.19. The summed E-state index contributed by atoms with van der Waals surface area (Å²) in [7, 11) is -3.18. The van der Waals surface area contributed by atoms with E-state index in [-0.39, 0.29) is 10.8 Å². The average molecular weight is 365 g/mol. The monoisotopic (exact) mass is 363 g/mol. The van der Waals surface area contributed by atoms with Crippen LogP contribution >= 0.6 is 42.3 Å². The first-order chi connectivity index (χ1) is 9.80. The molecule has 1 atom stereocenters. The highest BCUT2D eigenvalue weighted by Crippen LogP contribution is 2.47. The summed E-state index contributed by atoms with van der Waals surface area (Å²) in [5, 5.41) is 4.02. The molecule has 112 valence electrons. The number of hydrogen-bond donors (Lipinski definition) is 1. The minimum atomic E-state index is -3.18. The van der Waals surface area contributed by atoms with Crippen LogP contribution in [0.25, 0.3) is 0 Å². The second kappa shape index (κ2) is 6.50. The number of rotatable bonds is 4. The molecule has 1 N–H and O–H groups in total. The van der Waals surface area contributed by atoms with Crippen molar-refractivity contribution in [2.45, 2.75) is 6.92 Å². The van der Waals surface area contributed by atoms with Crippen molar-refractivity contribution < 1.29 is 9.09 Å². The molecule has 0 spiro atoms. The van der Waals surface area contributed by atoms with Gasteiger partial charge in [0.25, 0.3) is 0 Å². The summed E-state index contributed by atoms with van der Waals surface area (Å²) >= 11 is 18.0. The maximum absolute atomic E-state index is 12.6. The predicted molar refractivity (Wildman–Crippen MR) is 90.4 cm³/mol. The first kappa shape index (κ1) is 16.5. The largest absolute Gasteiger partial charge is 0.427 e. The lowest BCUT2D eigenvalue weighted by atomic mass is 10.2. The van der Waals surface area contributed by atoms with E-state index in [1.807, 2.05) is 6.92 Å². The molecule has 0 saturated carbocycles. The zero-order valence-electron chi connectivity index (χ0n) is 11.4. The third-order valence-corrected chi connectivity index (χ3v) is 5.18. The molecule has 2 rings (SSSR count). The van der Waals surface area contributed by atoms with Crippen LogP contribution in [0.5, 0.6) is 5.75 Å². The highest BCUT2D eigenvalue weighted by Gasteiger charge is 2.21. The van der Waals surface area contributed by atoms with E-state index in [2.05, 4.69) is 5.09 Å². The third-order valence-electron chi connectivity index (χ3n) is 2.78. The molecular formula is C14H13Cl3NO2P. The Kier molecular flexibility index (Phi) is 5.11. The molecule has 7 heteroatoms. The molecule has 0 aromatic heterocycles. The summed E-state index contributed by atoms with van der Waals surface area (Å²) in [6.07, 6.45) is 0. The lowest BCUT2D eigenvalue weighted by Crippen LogP contribution is -2.04. The molecule has 0 aliphatic carbocycles. The standard InChI is InChI=1S/C14H13Cl3NO2P/c1-9-10(15)5-3-7-12(9)18-21(2,19)20-13-8-4-6-11(16)14(13)17/h3-8H,1-2H3,(H,18,19). The van der Waals surface area contributed by atoms with E-state index in [9.17, 15) is 4.57 Å². The van der Waals surface area contributed by atoms with Crippen LogP contribution in [0.15, 0.2) is 36.4 Å². The van der Waals surface area contributed by atoms with Gasteiger partial charge < -0.3 is 9.61 Å². The molecule has 0 heterocycles. The van der Waals surface area contributed by atoms with Crippen molar-refractivity contribution in [2.75, 3.05) is 11.8 Å². The zero-order chi connectivity index (χ0) is 15.6. The van der Waals surface area contributed by atoms with Gasteiger partial charge in [-0.3, -0.25) is 4.57 Å². The molecule has 0 aliphatic heterocycles. The Morgan fingerprint density at radius 3 is 2.38 bits per heavy atom. The highest BCUT2D eigenvalue weighted by atomic mass is 35.5. The van der Waals surface area contributed by atoms with Gasteiger partial charge in [0.05, 0.1) is 5.02 Å². The Hall–Kier alpha value is -0.860. The molecule has 1 unspecified atom stereocenters. The van der Waals surface area contributed by atoms with Gasteiger partial charge in [-0.1, -0.05) is 46.9 Å². The Bertz CT molecular complexity index is 664. The van der Waals surface area contributed by atoms with Crippen molar-refractivity contribution >= 4 is 48.0 Å². The van der Waals surface area contributed by atoms with E-state index in [0.717, 1.165) is 5.56 Å². The molecule has 21 heavy (non-hydrogen) atoms. The Morgan fingerprint density at radius 1 is 1.05 bits per heavy atom.